The first-order valence-electron chi connectivity index (χ1n) is 6.47. The summed E-state index contributed by atoms with van der Waals surface area (Å²) in [7, 11) is 0. The van der Waals surface area contributed by atoms with E-state index in [0.717, 1.165) is 24.5 Å². The molecule has 0 rings (SSSR count). The molecule has 1 unspecified atom stereocenters. The number of hydrogen-bond donors (Lipinski definition) is 2. The molecule has 0 aliphatic carbocycles. The molecule has 4 heteroatoms. The van der Waals surface area contributed by atoms with Gasteiger partial charge in [0.25, 0.3) is 0 Å². The van der Waals surface area contributed by atoms with Gasteiger partial charge in [0, 0.05) is 24.5 Å². The van der Waals surface area contributed by atoms with Crippen LogP contribution in [0.5, 0.6) is 0 Å². The average molecular weight is 260 g/mol. The lowest BCUT2D eigenvalue weighted by Gasteiger charge is -2.20. The van der Waals surface area contributed by atoms with Crippen LogP contribution in [0.1, 0.15) is 47.5 Å². The Hall–Kier alpha value is -0.220. The highest BCUT2D eigenvalue weighted by molar-refractivity contribution is 7.99. The van der Waals surface area contributed by atoms with Crippen molar-refractivity contribution in [1.82, 2.24) is 10.6 Å². The predicted octanol–water partition coefficient (Wildman–Crippen LogP) is 2.41. The van der Waals surface area contributed by atoms with Gasteiger partial charge in [-0.25, -0.2) is 0 Å². The van der Waals surface area contributed by atoms with Gasteiger partial charge < -0.3 is 10.6 Å². The number of thioether (sulfide) groups is 1. The summed E-state index contributed by atoms with van der Waals surface area (Å²) >= 11 is 1.92. The topological polar surface area (TPSA) is 41.1 Å². The molecule has 17 heavy (non-hydrogen) atoms. The number of amides is 1. The van der Waals surface area contributed by atoms with E-state index in [0.29, 0.717) is 6.42 Å². The molecule has 3 nitrogen and oxygen atoms in total. The van der Waals surface area contributed by atoms with E-state index in [1.165, 1.54) is 0 Å². The maximum absolute atomic E-state index is 11.6. The fraction of sp³-hybridized carbons (Fsp3) is 0.923. The molecule has 0 saturated heterocycles. The summed E-state index contributed by atoms with van der Waals surface area (Å²) in [4.78, 5) is 11.6. The van der Waals surface area contributed by atoms with Gasteiger partial charge in [-0.05, 0) is 45.6 Å². The van der Waals surface area contributed by atoms with Crippen LogP contribution in [0.25, 0.3) is 0 Å². The van der Waals surface area contributed by atoms with E-state index in [2.05, 4.69) is 45.3 Å². The van der Waals surface area contributed by atoms with Crippen molar-refractivity contribution in [3.63, 3.8) is 0 Å². The molecule has 0 bridgehead atoms. The first-order valence-corrected chi connectivity index (χ1v) is 7.62. The van der Waals surface area contributed by atoms with Crippen molar-refractivity contribution in [2.24, 2.45) is 0 Å². The Bertz CT molecular complexity index is 214. The van der Waals surface area contributed by atoms with E-state index in [4.69, 9.17) is 0 Å². The van der Waals surface area contributed by atoms with Gasteiger partial charge in [-0.2, -0.15) is 11.8 Å². The monoisotopic (exact) mass is 260 g/mol. The minimum Gasteiger partial charge on any atom is -0.354 e. The van der Waals surface area contributed by atoms with Crippen LogP contribution in [-0.2, 0) is 4.79 Å². The molecule has 0 aromatic heterocycles. The molecule has 0 heterocycles. The molecule has 2 N–H and O–H groups in total. The highest BCUT2D eigenvalue weighted by atomic mass is 32.2. The zero-order chi connectivity index (χ0) is 13.3. The second kappa shape index (κ2) is 8.81. The number of carbonyl (C=O) groups excluding carboxylic acids is 1. The molecule has 0 radical (unpaired) electrons. The molecule has 0 spiro atoms. The molecule has 1 amide bonds. The summed E-state index contributed by atoms with van der Waals surface area (Å²) in [5, 5.41) is 6.35. The van der Waals surface area contributed by atoms with Gasteiger partial charge in [0.2, 0.25) is 5.91 Å². The third-order valence-corrected chi connectivity index (χ3v) is 3.25. The molecule has 102 valence electrons. The molecular weight excluding hydrogens is 232 g/mol. The summed E-state index contributed by atoms with van der Waals surface area (Å²) in [6.45, 7) is 11.3. The van der Waals surface area contributed by atoms with E-state index in [-0.39, 0.29) is 17.5 Å². The molecule has 0 aliphatic rings. The van der Waals surface area contributed by atoms with Crippen molar-refractivity contribution in [3.05, 3.63) is 0 Å². The van der Waals surface area contributed by atoms with Crippen LogP contribution in [0.3, 0.4) is 0 Å². The van der Waals surface area contributed by atoms with Crippen molar-refractivity contribution in [3.8, 4) is 0 Å². The highest BCUT2D eigenvalue weighted by Crippen LogP contribution is 2.04. The van der Waals surface area contributed by atoms with E-state index < -0.39 is 0 Å². The number of rotatable bonds is 8. The van der Waals surface area contributed by atoms with Crippen LogP contribution >= 0.6 is 11.8 Å². The largest absolute Gasteiger partial charge is 0.354 e. The smallest absolute Gasteiger partial charge is 0.221 e. The van der Waals surface area contributed by atoms with Crippen LogP contribution in [0, 0.1) is 0 Å². The SMILES string of the molecule is CCSCCC(C)NC(=O)CCNC(C)(C)C. The Morgan fingerprint density at radius 3 is 2.53 bits per heavy atom. The first-order chi connectivity index (χ1) is 7.85. The molecule has 0 aliphatic heterocycles. The standard InChI is InChI=1S/C13H28N2OS/c1-6-17-10-8-11(2)15-12(16)7-9-14-13(3,4)5/h11,14H,6-10H2,1-5H3,(H,15,16). The predicted molar refractivity (Wildman–Crippen MR) is 77.6 cm³/mol. The van der Waals surface area contributed by atoms with Gasteiger partial charge in [-0.3, -0.25) is 4.79 Å². The van der Waals surface area contributed by atoms with E-state index in [1.807, 2.05) is 11.8 Å². The Labute approximate surface area is 111 Å². The van der Waals surface area contributed by atoms with E-state index in [9.17, 15) is 4.79 Å². The van der Waals surface area contributed by atoms with Crippen molar-refractivity contribution < 1.29 is 4.79 Å². The maximum Gasteiger partial charge on any atom is 0.221 e. The van der Waals surface area contributed by atoms with Crippen LogP contribution in [-0.4, -0.2) is 35.5 Å². The highest BCUT2D eigenvalue weighted by Gasteiger charge is 2.10. The minimum absolute atomic E-state index is 0.0870. The van der Waals surface area contributed by atoms with Crippen LogP contribution in [0.4, 0.5) is 0 Å². The molecule has 0 aromatic rings. The summed E-state index contributed by atoms with van der Waals surface area (Å²) in [5.74, 6) is 2.42. The molecule has 0 aromatic carbocycles. The first kappa shape index (κ1) is 16.8. The Kier molecular flexibility index (Phi) is 8.70. The van der Waals surface area contributed by atoms with Crippen molar-refractivity contribution in [2.45, 2.75) is 59.0 Å². The lowest BCUT2D eigenvalue weighted by molar-refractivity contribution is -0.121. The van der Waals surface area contributed by atoms with Crippen molar-refractivity contribution in [1.29, 1.82) is 0 Å². The zero-order valence-corrected chi connectivity index (χ0v) is 12.7. The van der Waals surface area contributed by atoms with Crippen LogP contribution < -0.4 is 10.6 Å². The molecular formula is C13H28N2OS. The number of nitrogens with one attached hydrogen (secondary N) is 2. The van der Waals surface area contributed by atoms with Gasteiger partial charge in [0.1, 0.15) is 0 Å². The van der Waals surface area contributed by atoms with Gasteiger partial charge in [-0.15, -0.1) is 0 Å². The molecule has 1 atom stereocenters. The normalized spacial score (nSPS) is 13.5. The maximum atomic E-state index is 11.6. The van der Waals surface area contributed by atoms with E-state index in [1.54, 1.807) is 0 Å². The summed E-state index contributed by atoms with van der Waals surface area (Å²) in [6, 6.07) is 0.288. The minimum atomic E-state index is 0.0870. The quantitative estimate of drug-likeness (QED) is 0.659. The van der Waals surface area contributed by atoms with Crippen molar-refractivity contribution >= 4 is 17.7 Å². The number of carbonyl (C=O) groups is 1. The van der Waals surface area contributed by atoms with Gasteiger partial charge in [0.15, 0.2) is 0 Å². The molecule has 0 saturated carbocycles. The molecule has 0 fully saturated rings. The van der Waals surface area contributed by atoms with Crippen LogP contribution in [0.15, 0.2) is 0 Å². The lowest BCUT2D eigenvalue weighted by Crippen LogP contribution is -2.40. The van der Waals surface area contributed by atoms with Crippen molar-refractivity contribution in [2.75, 3.05) is 18.1 Å². The van der Waals surface area contributed by atoms with Gasteiger partial charge >= 0.3 is 0 Å². The van der Waals surface area contributed by atoms with Crippen LogP contribution in [0.2, 0.25) is 0 Å². The fourth-order valence-electron chi connectivity index (χ4n) is 1.37. The summed E-state index contributed by atoms with van der Waals surface area (Å²) < 4.78 is 0. The number of hydrogen-bond acceptors (Lipinski definition) is 3. The van der Waals surface area contributed by atoms with Gasteiger partial charge in [0.05, 0.1) is 0 Å². The lowest BCUT2D eigenvalue weighted by atomic mass is 10.1. The Balaban J connectivity index is 3.57. The Morgan fingerprint density at radius 2 is 2.00 bits per heavy atom. The second-order valence-electron chi connectivity index (χ2n) is 5.38. The average Bonchev–Trinajstić information content (AvgIpc) is 2.15. The summed E-state index contributed by atoms with van der Waals surface area (Å²) in [6.07, 6.45) is 1.61. The summed E-state index contributed by atoms with van der Waals surface area (Å²) in [5.41, 5.74) is 0.0870. The fourth-order valence-corrected chi connectivity index (χ4v) is 2.18. The second-order valence-corrected chi connectivity index (χ2v) is 6.77. The van der Waals surface area contributed by atoms with E-state index >= 15 is 0 Å². The third kappa shape index (κ3) is 12.0. The third-order valence-electron chi connectivity index (χ3n) is 2.31. The Morgan fingerprint density at radius 1 is 1.35 bits per heavy atom. The zero-order valence-electron chi connectivity index (χ0n) is 11.9. The van der Waals surface area contributed by atoms with Gasteiger partial charge in [-0.1, -0.05) is 6.92 Å².